The average molecular weight is 462 g/mol. The number of amides is 1. The van der Waals surface area contributed by atoms with Crippen LogP contribution in [0.5, 0.6) is 0 Å². The van der Waals surface area contributed by atoms with Crippen LogP contribution in [0, 0.1) is 0 Å². The molecule has 1 aliphatic rings. The third-order valence-electron chi connectivity index (χ3n) is 6.09. The first-order chi connectivity index (χ1) is 16.5. The SMILES string of the molecule is CN(CCN1CCN(c2ccc(C(N)=O)cc2)CC1)c1nc(N)n2nc(-c3ccco3)cc2n1. The third-order valence-corrected chi connectivity index (χ3v) is 6.09. The van der Waals surface area contributed by atoms with Crippen LogP contribution in [0.1, 0.15) is 10.4 Å². The lowest BCUT2D eigenvalue weighted by Crippen LogP contribution is -2.48. The largest absolute Gasteiger partial charge is 0.463 e. The van der Waals surface area contributed by atoms with E-state index in [0.29, 0.717) is 28.6 Å². The molecule has 1 saturated heterocycles. The van der Waals surface area contributed by atoms with Crippen LogP contribution >= 0.6 is 0 Å². The first-order valence-corrected chi connectivity index (χ1v) is 11.1. The van der Waals surface area contributed by atoms with Crippen LogP contribution in [0.3, 0.4) is 0 Å². The Hall–Kier alpha value is -4.12. The van der Waals surface area contributed by atoms with E-state index in [1.165, 1.54) is 4.52 Å². The van der Waals surface area contributed by atoms with Gasteiger partial charge in [0.15, 0.2) is 11.4 Å². The van der Waals surface area contributed by atoms with Crippen LogP contribution in [-0.2, 0) is 0 Å². The standard InChI is InChI=1S/C23H27N9O2/c1-29(23-26-20-15-18(19-3-2-14-34-19)28-32(20)22(25)27-23)8-9-30-10-12-31(13-11-30)17-6-4-16(5-7-17)21(24)33/h2-7,14-15H,8-13H2,1H3,(H2,24,33)(H2,25,26,27). The van der Waals surface area contributed by atoms with Gasteiger partial charge in [-0.1, -0.05) is 0 Å². The minimum absolute atomic E-state index is 0.278. The molecule has 1 fully saturated rings. The first kappa shape index (κ1) is 21.7. The molecule has 1 aromatic carbocycles. The molecule has 3 aromatic heterocycles. The molecule has 0 atom stereocenters. The Kier molecular flexibility index (Phi) is 5.76. The van der Waals surface area contributed by atoms with Gasteiger partial charge in [-0.05, 0) is 36.4 Å². The maximum Gasteiger partial charge on any atom is 0.248 e. The molecule has 0 unspecified atom stereocenters. The zero-order valence-electron chi connectivity index (χ0n) is 19.0. The molecule has 0 radical (unpaired) electrons. The Morgan fingerprint density at radius 1 is 1.12 bits per heavy atom. The Morgan fingerprint density at radius 2 is 1.88 bits per heavy atom. The molecule has 1 amide bonds. The zero-order valence-corrected chi connectivity index (χ0v) is 19.0. The van der Waals surface area contributed by atoms with Crippen molar-refractivity contribution in [2.75, 3.05) is 61.8 Å². The smallest absolute Gasteiger partial charge is 0.248 e. The van der Waals surface area contributed by atoms with E-state index in [-0.39, 0.29) is 5.95 Å². The number of aromatic nitrogens is 4. The Bertz CT molecular complexity index is 1280. The molecule has 4 aromatic rings. The Balaban J connectivity index is 1.18. The fourth-order valence-corrected chi connectivity index (χ4v) is 4.07. The maximum atomic E-state index is 11.3. The maximum absolute atomic E-state index is 11.3. The summed E-state index contributed by atoms with van der Waals surface area (Å²) in [5.74, 6) is 1.09. The summed E-state index contributed by atoms with van der Waals surface area (Å²) in [7, 11) is 1.96. The van der Waals surface area contributed by atoms with E-state index < -0.39 is 5.91 Å². The highest BCUT2D eigenvalue weighted by molar-refractivity contribution is 5.93. The van der Waals surface area contributed by atoms with Crippen LogP contribution < -0.4 is 21.3 Å². The minimum Gasteiger partial charge on any atom is -0.463 e. The lowest BCUT2D eigenvalue weighted by molar-refractivity contribution is 0.100. The number of rotatable bonds is 7. The second kappa shape index (κ2) is 9.02. The number of nitrogens with zero attached hydrogens (tertiary/aromatic N) is 7. The topological polar surface area (TPSA) is 135 Å². The summed E-state index contributed by atoms with van der Waals surface area (Å²) in [6.45, 7) is 5.38. The molecule has 11 heteroatoms. The predicted molar refractivity (Wildman–Crippen MR) is 130 cm³/mol. The van der Waals surface area contributed by atoms with Gasteiger partial charge in [-0.3, -0.25) is 9.69 Å². The van der Waals surface area contributed by atoms with Gasteiger partial charge in [0.1, 0.15) is 5.69 Å². The summed E-state index contributed by atoms with van der Waals surface area (Å²) in [6.07, 6.45) is 1.60. The average Bonchev–Trinajstić information content (AvgIpc) is 3.53. The molecular formula is C23H27N9O2. The fraction of sp³-hybridized carbons (Fsp3) is 0.304. The number of nitrogens with two attached hydrogens (primary N) is 2. The molecule has 176 valence electrons. The minimum atomic E-state index is -0.406. The van der Waals surface area contributed by atoms with Gasteiger partial charge in [-0.15, -0.1) is 0 Å². The molecule has 4 heterocycles. The number of primary amides is 1. The fourth-order valence-electron chi connectivity index (χ4n) is 4.07. The van der Waals surface area contributed by atoms with E-state index >= 15 is 0 Å². The van der Waals surface area contributed by atoms with Gasteiger partial charge >= 0.3 is 0 Å². The molecular weight excluding hydrogens is 434 g/mol. The van der Waals surface area contributed by atoms with E-state index in [4.69, 9.17) is 15.9 Å². The number of carbonyl (C=O) groups excluding carboxylic acids is 1. The van der Waals surface area contributed by atoms with Crippen molar-refractivity contribution in [3.05, 3.63) is 54.3 Å². The lowest BCUT2D eigenvalue weighted by atomic mass is 10.1. The van der Waals surface area contributed by atoms with E-state index in [1.807, 2.05) is 42.3 Å². The molecule has 0 aliphatic carbocycles. The molecule has 34 heavy (non-hydrogen) atoms. The zero-order chi connectivity index (χ0) is 23.7. The summed E-state index contributed by atoms with van der Waals surface area (Å²) < 4.78 is 6.94. The number of benzene rings is 1. The van der Waals surface area contributed by atoms with Gasteiger partial charge in [0, 0.05) is 63.6 Å². The molecule has 1 aliphatic heterocycles. The Labute approximate surface area is 196 Å². The van der Waals surface area contributed by atoms with E-state index in [0.717, 1.165) is 45.0 Å². The van der Waals surface area contributed by atoms with Crippen molar-refractivity contribution in [3.63, 3.8) is 0 Å². The quantitative estimate of drug-likeness (QED) is 0.418. The summed E-state index contributed by atoms with van der Waals surface area (Å²) in [5, 5.41) is 4.44. The predicted octanol–water partition coefficient (Wildman–Crippen LogP) is 1.32. The monoisotopic (exact) mass is 461 g/mol. The summed E-state index contributed by atoms with van der Waals surface area (Å²) >= 11 is 0. The van der Waals surface area contributed by atoms with E-state index in [1.54, 1.807) is 18.4 Å². The van der Waals surface area contributed by atoms with E-state index in [9.17, 15) is 4.79 Å². The first-order valence-electron chi connectivity index (χ1n) is 11.1. The number of carbonyl (C=O) groups is 1. The van der Waals surface area contributed by atoms with Crippen LogP contribution in [0.15, 0.2) is 53.1 Å². The van der Waals surface area contributed by atoms with Gasteiger partial charge < -0.3 is 25.7 Å². The second-order valence-corrected chi connectivity index (χ2v) is 8.32. The highest BCUT2D eigenvalue weighted by Crippen LogP contribution is 2.22. The van der Waals surface area contributed by atoms with Crippen molar-refractivity contribution in [1.82, 2.24) is 24.5 Å². The third kappa shape index (κ3) is 4.37. The highest BCUT2D eigenvalue weighted by Gasteiger charge is 2.19. The molecule has 0 saturated carbocycles. The summed E-state index contributed by atoms with van der Waals surface area (Å²) in [6, 6.07) is 13.0. The van der Waals surface area contributed by atoms with Crippen LogP contribution in [0.2, 0.25) is 0 Å². The van der Waals surface area contributed by atoms with Crippen molar-refractivity contribution in [2.24, 2.45) is 5.73 Å². The lowest BCUT2D eigenvalue weighted by Gasteiger charge is -2.36. The number of fused-ring (bicyclic) bond motifs is 1. The van der Waals surface area contributed by atoms with Crippen LogP contribution in [-0.4, -0.2) is 76.7 Å². The van der Waals surface area contributed by atoms with Gasteiger partial charge in [0.2, 0.25) is 17.8 Å². The number of likely N-dealkylation sites (N-methyl/N-ethyl adjacent to an activating group) is 1. The number of piperazine rings is 1. The molecule has 5 rings (SSSR count). The van der Waals surface area contributed by atoms with Crippen molar-refractivity contribution < 1.29 is 9.21 Å². The van der Waals surface area contributed by atoms with Gasteiger partial charge in [-0.2, -0.15) is 19.6 Å². The molecule has 11 nitrogen and oxygen atoms in total. The second-order valence-electron chi connectivity index (χ2n) is 8.32. The van der Waals surface area contributed by atoms with E-state index in [2.05, 4.69) is 24.9 Å². The number of nitrogen functional groups attached to an aromatic ring is 1. The van der Waals surface area contributed by atoms with Crippen molar-refractivity contribution in [2.45, 2.75) is 0 Å². The number of anilines is 3. The molecule has 0 spiro atoms. The normalized spacial score (nSPS) is 14.6. The highest BCUT2D eigenvalue weighted by atomic mass is 16.3. The van der Waals surface area contributed by atoms with Gasteiger partial charge in [0.05, 0.1) is 6.26 Å². The van der Waals surface area contributed by atoms with Crippen LogP contribution in [0.4, 0.5) is 17.6 Å². The van der Waals surface area contributed by atoms with Crippen molar-refractivity contribution in [1.29, 1.82) is 0 Å². The number of hydrogen-bond acceptors (Lipinski definition) is 9. The molecule has 0 bridgehead atoms. The van der Waals surface area contributed by atoms with Gasteiger partial charge in [0.25, 0.3) is 0 Å². The van der Waals surface area contributed by atoms with Crippen LogP contribution in [0.25, 0.3) is 17.1 Å². The number of furan rings is 1. The summed E-state index contributed by atoms with van der Waals surface area (Å²) in [5.41, 5.74) is 14.4. The number of hydrogen-bond donors (Lipinski definition) is 2. The molecule has 4 N–H and O–H groups in total. The van der Waals surface area contributed by atoms with Gasteiger partial charge in [-0.25, -0.2) is 0 Å². The summed E-state index contributed by atoms with van der Waals surface area (Å²) in [4.78, 5) is 27.1. The van der Waals surface area contributed by atoms with Crippen molar-refractivity contribution in [3.8, 4) is 11.5 Å². The van der Waals surface area contributed by atoms with Crippen molar-refractivity contribution >= 4 is 29.1 Å². The Morgan fingerprint density at radius 3 is 2.56 bits per heavy atom.